The van der Waals surface area contributed by atoms with Crippen LogP contribution in [0.25, 0.3) is 11.0 Å². The highest BCUT2D eigenvalue weighted by Crippen LogP contribution is 2.32. The molecule has 4 heterocycles. The summed E-state index contributed by atoms with van der Waals surface area (Å²) in [5.74, 6) is 0.00784. The van der Waals surface area contributed by atoms with Gasteiger partial charge in [0.15, 0.2) is 0 Å². The molecule has 0 bridgehead atoms. The van der Waals surface area contributed by atoms with Crippen LogP contribution in [0.15, 0.2) is 36.5 Å². The van der Waals surface area contributed by atoms with Crippen molar-refractivity contribution in [1.82, 2.24) is 28.4 Å². The number of carbonyl (C=O) groups is 2. The van der Waals surface area contributed by atoms with E-state index < -0.39 is 0 Å². The number of likely N-dealkylation sites (tertiary alicyclic amines) is 1. The van der Waals surface area contributed by atoms with Crippen molar-refractivity contribution >= 4 is 34.6 Å². The Morgan fingerprint density at radius 3 is 2.48 bits per heavy atom. The molecule has 160 valence electrons. The average Bonchev–Trinajstić information content (AvgIpc) is 3.48. The molecule has 0 aliphatic carbocycles. The van der Waals surface area contributed by atoms with Gasteiger partial charge in [0.25, 0.3) is 11.8 Å². The summed E-state index contributed by atoms with van der Waals surface area (Å²) in [6.45, 7) is 3.94. The van der Waals surface area contributed by atoms with Gasteiger partial charge >= 0.3 is 0 Å². The van der Waals surface area contributed by atoms with Crippen LogP contribution in [-0.2, 0) is 0 Å². The average molecular weight is 437 g/mol. The molecule has 9 heteroatoms. The van der Waals surface area contributed by atoms with Crippen molar-refractivity contribution in [1.29, 1.82) is 0 Å². The van der Waals surface area contributed by atoms with Crippen LogP contribution in [0.1, 0.15) is 45.3 Å². The van der Waals surface area contributed by atoms with Crippen molar-refractivity contribution in [2.45, 2.75) is 18.9 Å². The van der Waals surface area contributed by atoms with Crippen LogP contribution in [0.4, 0.5) is 0 Å². The first-order valence-electron chi connectivity index (χ1n) is 10.6. The monoisotopic (exact) mass is 436 g/mol. The van der Waals surface area contributed by atoms with Gasteiger partial charge in [0.05, 0.1) is 29.0 Å². The van der Waals surface area contributed by atoms with Crippen LogP contribution in [0.5, 0.6) is 0 Å². The second-order valence-electron chi connectivity index (χ2n) is 8.19. The molecule has 2 amide bonds. The van der Waals surface area contributed by atoms with E-state index in [9.17, 15) is 9.59 Å². The Morgan fingerprint density at radius 1 is 0.935 bits per heavy atom. The Kier molecular flexibility index (Phi) is 5.37. The lowest BCUT2D eigenvalue weighted by Crippen LogP contribution is -2.47. The molecule has 2 fully saturated rings. The zero-order valence-corrected chi connectivity index (χ0v) is 18.2. The van der Waals surface area contributed by atoms with E-state index in [4.69, 9.17) is 0 Å². The number of likely N-dealkylation sites (N-methyl/N-ethyl adjacent to an activating group) is 1. The zero-order valence-electron chi connectivity index (χ0n) is 17.4. The normalized spacial score (nSPS) is 19.8. The van der Waals surface area contributed by atoms with Crippen molar-refractivity contribution < 1.29 is 9.59 Å². The molecule has 0 radical (unpaired) electrons. The number of carbonyl (C=O) groups excluding carboxylic acids is 2. The number of rotatable bonds is 3. The van der Waals surface area contributed by atoms with Crippen molar-refractivity contribution in [3.05, 3.63) is 53.3 Å². The predicted octanol–water partition coefficient (Wildman–Crippen LogP) is 2.45. The van der Waals surface area contributed by atoms with Gasteiger partial charge in [-0.1, -0.05) is 0 Å². The molecular weight excluding hydrogens is 412 g/mol. The Morgan fingerprint density at radius 2 is 1.71 bits per heavy atom. The van der Waals surface area contributed by atoms with E-state index in [0.717, 1.165) is 67.5 Å². The SMILES string of the molecule is CN1CCN(C(=O)c2ccc([C@H]3CCCN3C(=O)c3ccc4nsnc4c3)nc2)CC1. The molecule has 2 saturated heterocycles. The lowest BCUT2D eigenvalue weighted by molar-refractivity contribution is 0.0662. The van der Waals surface area contributed by atoms with Gasteiger partial charge in [0.2, 0.25) is 0 Å². The van der Waals surface area contributed by atoms with Gasteiger partial charge in [-0.2, -0.15) is 8.75 Å². The van der Waals surface area contributed by atoms with Gasteiger partial charge in [-0.25, -0.2) is 0 Å². The van der Waals surface area contributed by atoms with E-state index in [0.29, 0.717) is 17.7 Å². The molecule has 0 saturated carbocycles. The summed E-state index contributed by atoms with van der Waals surface area (Å²) in [4.78, 5) is 36.5. The molecule has 0 unspecified atom stereocenters. The van der Waals surface area contributed by atoms with Gasteiger partial charge in [0.1, 0.15) is 11.0 Å². The first-order chi connectivity index (χ1) is 15.1. The summed E-state index contributed by atoms with van der Waals surface area (Å²) in [6, 6.07) is 9.12. The summed E-state index contributed by atoms with van der Waals surface area (Å²) in [5, 5.41) is 0. The molecule has 2 aromatic heterocycles. The molecular formula is C22H24N6O2S. The number of piperazine rings is 1. The molecule has 5 rings (SSSR count). The second kappa shape index (κ2) is 8.32. The minimum atomic E-state index is -0.0791. The topological polar surface area (TPSA) is 82.5 Å². The molecule has 3 aromatic rings. The minimum absolute atomic E-state index is 0.0169. The fourth-order valence-corrected chi connectivity index (χ4v) is 4.84. The van der Waals surface area contributed by atoms with Crippen molar-refractivity contribution in [3.8, 4) is 0 Å². The number of nitrogens with zero attached hydrogens (tertiary/aromatic N) is 6. The van der Waals surface area contributed by atoms with Gasteiger partial charge < -0.3 is 14.7 Å². The van der Waals surface area contributed by atoms with Crippen LogP contribution in [0.3, 0.4) is 0 Å². The van der Waals surface area contributed by atoms with Crippen LogP contribution >= 0.6 is 11.7 Å². The molecule has 1 aromatic carbocycles. The Bertz CT molecular complexity index is 1110. The maximum absolute atomic E-state index is 13.2. The van der Waals surface area contributed by atoms with Crippen LogP contribution in [0.2, 0.25) is 0 Å². The predicted molar refractivity (Wildman–Crippen MR) is 118 cm³/mol. The number of hydrogen-bond acceptors (Lipinski definition) is 7. The minimum Gasteiger partial charge on any atom is -0.336 e. The molecule has 0 spiro atoms. The number of aromatic nitrogens is 3. The zero-order chi connectivity index (χ0) is 21.4. The maximum Gasteiger partial charge on any atom is 0.255 e. The lowest BCUT2D eigenvalue weighted by atomic mass is 10.1. The summed E-state index contributed by atoms with van der Waals surface area (Å²) < 4.78 is 8.44. The highest BCUT2D eigenvalue weighted by Gasteiger charge is 2.32. The second-order valence-corrected chi connectivity index (χ2v) is 8.72. The Hall–Kier alpha value is -2.91. The van der Waals surface area contributed by atoms with Crippen LogP contribution < -0.4 is 0 Å². The van der Waals surface area contributed by atoms with E-state index in [1.807, 2.05) is 40.1 Å². The lowest BCUT2D eigenvalue weighted by Gasteiger charge is -2.32. The molecule has 31 heavy (non-hydrogen) atoms. The fourth-order valence-electron chi connectivity index (χ4n) is 4.32. The molecule has 0 N–H and O–H groups in total. The first-order valence-corrected chi connectivity index (χ1v) is 11.3. The molecule has 1 atom stereocenters. The van der Waals surface area contributed by atoms with Gasteiger partial charge in [0, 0.05) is 44.5 Å². The van der Waals surface area contributed by atoms with Crippen molar-refractivity contribution in [2.75, 3.05) is 39.8 Å². The highest BCUT2D eigenvalue weighted by atomic mass is 32.1. The quantitative estimate of drug-likeness (QED) is 0.627. The third-order valence-electron chi connectivity index (χ3n) is 6.18. The van der Waals surface area contributed by atoms with E-state index in [2.05, 4.69) is 25.7 Å². The third-order valence-corrected chi connectivity index (χ3v) is 6.74. The summed E-state index contributed by atoms with van der Waals surface area (Å²) in [7, 11) is 2.07. The number of pyridine rings is 1. The smallest absolute Gasteiger partial charge is 0.255 e. The van der Waals surface area contributed by atoms with Gasteiger partial charge in [-0.3, -0.25) is 14.6 Å². The maximum atomic E-state index is 13.2. The van der Waals surface area contributed by atoms with E-state index >= 15 is 0 Å². The standard InChI is InChI=1S/C22H24N6O2S/c1-26-9-11-27(12-10-26)21(29)16-5-7-18(23-14-16)20-3-2-8-28(20)22(30)15-4-6-17-19(13-15)25-31-24-17/h4-7,13-14,20H,2-3,8-12H2,1H3/t20-/m1/s1. The fraction of sp³-hybridized carbons (Fsp3) is 0.409. The molecule has 8 nitrogen and oxygen atoms in total. The first kappa shape index (κ1) is 20.0. The van der Waals surface area contributed by atoms with E-state index in [1.54, 1.807) is 6.20 Å². The van der Waals surface area contributed by atoms with E-state index in [-0.39, 0.29) is 17.9 Å². The summed E-state index contributed by atoms with van der Waals surface area (Å²) in [6.07, 6.45) is 3.45. The van der Waals surface area contributed by atoms with Crippen molar-refractivity contribution in [3.63, 3.8) is 0 Å². The molecule has 2 aliphatic heterocycles. The van der Waals surface area contributed by atoms with Crippen LogP contribution in [-0.4, -0.2) is 80.0 Å². The van der Waals surface area contributed by atoms with Crippen molar-refractivity contribution in [2.24, 2.45) is 0 Å². The number of fused-ring (bicyclic) bond motifs is 1. The molecule has 2 aliphatic rings. The number of hydrogen-bond donors (Lipinski definition) is 0. The number of benzene rings is 1. The third kappa shape index (κ3) is 3.90. The Labute approximate surface area is 184 Å². The summed E-state index contributed by atoms with van der Waals surface area (Å²) in [5.41, 5.74) is 3.61. The van der Waals surface area contributed by atoms with Gasteiger partial charge in [-0.15, -0.1) is 0 Å². The largest absolute Gasteiger partial charge is 0.336 e. The number of amides is 2. The van der Waals surface area contributed by atoms with Gasteiger partial charge in [-0.05, 0) is 50.2 Å². The summed E-state index contributed by atoms with van der Waals surface area (Å²) >= 11 is 1.15. The van der Waals surface area contributed by atoms with E-state index in [1.165, 1.54) is 0 Å². The highest BCUT2D eigenvalue weighted by molar-refractivity contribution is 7.00. The van der Waals surface area contributed by atoms with Crippen LogP contribution in [0, 0.1) is 0 Å². The Balaban J connectivity index is 1.32.